The lowest BCUT2D eigenvalue weighted by molar-refractivity contribution is 0.0655. The van der Waals surface area contributed by atoms with Crippen LogP contribution in [0.1, 0.15) is 45.1 Å². The first-order valence-corrected chi connectivity index (χ1v) is 8.94. The van der Waals surface area contributed by atoms with E-state index in [1.54, 1.807) is 0 Å². The van der Waals surface area contributed by atoms with Crippen LogP contribution in [0.4, 0.5) is 4.79 Å². The average Bonchev–Trinajstić information content (AvgIpc) is 2.58. The molecule has 2 rings (SSSR count). The Hall–Kier alpha value is -1.55. The molecule has 0 unspecified atom stereocenters. The highest BCUT2D eigenvalue weighted by Gasteiger charge is 2.27. The fraction of sp³-hybridized carbons (Fsp3) is 0.632. The molecule has 1 aliphatic rings. The van der Waals surface area contributed by atoms with Crippen molar-refractivity contribution >= 4 is 6.09 Å². The normalized spacial score (nSPS) is 16.3. The van der Waals surface area contributed by atoms with Crippen molar-refractivity contribution in [2.45, 2.75) is 52.1 Å². The van der Waals surface area contributed by atoms with Crippen LogP contribution >= 0.6 is 0 Å². The van der Waals surface area contributed by atoms with E-state index < -0.39 is 0 Å². The van der Waals surface area contributed by atoms with Crippen molar-refractivity contribution in [3.05, 3.63) is 35.9 Å². The molecule has 128 valence electrons. The number of unbranched alkanes of at least 4 members (excludes halogenated alkanes) is 1. The summed E-state index contributed by atoms with van der Waals surface area (Å²) in [5.41, 5.74) is 1.36. The summed E-state index contributed by atoms with van der Waals surface area (Å²) in [6.45, 7) is 8.50. The van der Waals surface area contributed by atoms with Gasteiger partial charge in [0.2, 0.25) is 0 Å². The van der Waals surface area contributed by atoms with Crippen molar-refractivity contribution in [2.24, 2.45) is 0 Å². The van der Waals surface area contributed by atoms with E-state index in [1.807, 2.05) is 11.8 Å². The molecule has 23 heavy (non-hydrogen) atoms. The molecule has 1 aliphatic heterocycles. The predicted octanol–water partition coefficient (Wildman–Crippen LogP) is 3.91. The van der Waals surface area contributed by atoms with Gasteiger partial charge in [-0.15, -0.1) is 0 Å². The van der Waals surface area contributed by atoms with Gasteiger partial charge >= 0.3 is 6.09 Å². The summed E-state index contributed by atoms with van der Waals surface area (Å²) in [6, 6.07) is 10.9. The van der Waals surface area contributed by atoms with Gasteiger partial charge in [-0.05, 0) is 31.7 Å². The molecule has 1 saturated heterocycles. The molecule has 4 heteroatoms. The van der Waals surface area contributed by atoms with E-state index in [-0.39, 0.29) is 6.09 Å². The van der Waals surface area contributed by atoms with Crippen LogP contribution in [0.2, 0.25) is 0 Å². The van der Waals surface area contributed by atoms with Gasteiger partial charge in [-0.1, -0.05) is 43.7 Å². The van der Waals surface area contributed by atoms with Crippen LogP contribution in [-0.4, -0.2) is 48.2 Å². The number of amides is 1. The van der Waals surface area contributed by atoms with Gasteiger partial charge < -0.3 is 9.64 Å². The van der Waals surface area contributed by atoms with Gasteiger partial charge in [0.1, 0.15) is 0 Å². The van der Waals surface area contributed by atoms with E-state index in [0.717, 1.165) is 51.9 Å². The van der Waals surface area contributed by atoms with Crippen LogP contribution in [0.15, 0.2) is 30.3 Å². The second-order valence-electron chi connectivity index (χ2n) is 6.25. The van der Waals surface area contributed by atoms with Crippen molar-refractivity contribution in [2.75, 3.05) is 26.2 Å². The number of benzene rings is 1. The molecule has 4 nitrogen and oxygen atoms in total. The predicted molar refractivity (Wildman–Crippen MR) is 93.4 cm³/mol. The Labute approximate surface area is 140 Å². The molecule has 1 aromatic rings. The summed E-state index contributed by atoms with van der Waals surface area (Å²) >= 11 is 0. The molecule has 1 aromatic carbocycles. The molecule has 1 fully saturated rings. The van der Waals surface area contributed by atoms with Gasteiger partial charge in [0.15, 0.2) is 0 Å². The maximum atomic E-state index is 12.2. The highest BCUT2D eigenvalue weighted by atomic mass is 16.6. The first-order chi connectivity index (χ1) is 11.2. The monoisotopic (exact) mass is 318 g/mol. The Balaban J connectivity index is 1.78. The molecule has 0 saturated carbocycles. The van der Waals surface area contributed by atoms with Crippen LogP contribution < -0.4 is 0 Å². The minimum Gasteiger partial charge on any atom is -0.449 e. The molecule has 1 amide bonds. The zero-order valence-corrected chi connectivity index (χ0v) is 14.5. The molecule has 0 N–H and O–H groups in total. The number of rotatable bonds is 7. The minimum atomic E-state index is -0.137. The van der Waals surface area contributed by atoms with E-state index in [1.165, 1.54) is 5.56 Å². The Morgan fingerprint density at radius 3 is 2.52 bits per heavy atom. The number of piperidine rings is 1. The van der Waals surface area contributed by atoms with Gasteiger partial charge in [-0.3, -0.25) is 4.90 Å². The lowest BCUT2D eigenvalue weighted by Crippen LogP contribution is -2.47. The first kappa shape index (κ1) is 17.8. The molecule has 0 spiro atoms. The van der Waals surface area contributed by atoms with Crippen LogP contribution in [0.25, 0.3) is 0 Å². The maximum absolute atomic E-state index is 12.2. The lowest BCUT2D eigenvalue weighted by atomic mass is 10.0. The fourth-order valence-electron chi connectivity index (χ4n) is 3.15. The molecular formula is C19H30N2O2. The maximum Gasteiger partial charge on any atom is 0.409 e. The van der Waals surface area contributed by atoms with Gasteiger partial charge in [0.25, 0.3) is 0 Å². The third-order valence-electron chi connectivity index (χ3n) is 4.55. The molecule has 0 aromatic heterocycles. The number of hydrogen-bond donors (Lipinski definition) is 0. The standard InChI is InChI=1S/C19H30N2O2/c1-3-5-15-23-19(22)21(4-2)18-11-13-20(14-12-18)16-17-9-7-6-8-10-17/h6-10,18H,3-5,11-16H2,1-2H3. The van der Waals surface area contributed by atoms with E-state index in [0.29, 0.717) is 12.6 Å². The third kappa shape index (κ3) is 5.54. The molecular weight excluding hydrogens is 288 g/mol. The number of carbonyl (C=O) groups excluding carboxylic acids is 1. The van der Waals surface area contributed by atoms with Crippen molar-refractivity contribution in [3.63, 3.8) is 0 Å². The highest BCUT2D eigenvalue weighted by molar-refractivity contribution is 5.68. The summed E-state index contributed by atoms with van der Waals surface area (Å²) in [6.07, 6.45) is 3.92. The second kappa shape index (κ2) is 9.56. The summed E-state index contributed by atoms with van der Waals surface area (Å²) in [7, 11) is 0. The van der Waals surface area contributed by atoms with E-state index in [2.05, 4.69) is 42.2 Å². The first-order valence-electron chi connectivity index (χ1n) is 8.94. The van der Waals surface area contributed by atoms with Gasteiger partial charge in [0.05, 0.1) is 6.61 Å². The minimum absolute atomic E-state index is 0.137. The van der Waals surface area contributed by atoms with Gasteiger partial charge in [-0.2, -0.15) is 0 Å². The number of nitrogens with zero attached hydrogens (tertiary/aromatic N) is 2. The van der Waals surface area contributed by atoms with Crippen molar-refractivity contribution in [1.82, 2.24) is 9.80 Å². The second-order valence-corrected chi connectivity index (χ2v) is 6.25. The van der Waals surface area contributed by atoms with Crippen LogP contribution in [0, 0.1) is 0 Å². The Morgan fingerprint density at radius 2 is 1.91 bits per heavy atom. The lowest BCUT2D eigenvalue weighted by Gasteiger charge is -2.37. The number of ether oxygens (including phenoxy) is 1. The number of hydrogen-bond acceptors (Lipinski definition) is 3. The van der Waals surface area contributed by atoms with Gasteiger partial charge in [0, 0.05) is 32.2 Å². The topological polar surface area (TPSA) is 32.8 Å². The molecule has 0 aliphatic carbocycles. The quantitative estimate of drug-likeness (QED) is 0.715. The SMILES string of the molecule is CCCCOC(=O)N(CC)C1CCN(Cc2ccccc2)CC1. The average molecular weight is 318 g/mol. The smallest absolute Gasteiger partial charge is 0.409 e. The summed E-state index contributed by atoms with van der Waals surface area (Å²) < 4.78 is 5.38. The molecule has 0 radical (unpaired) electrons. The molecule has 1 heterocycles. The Morgan fingerprint density at radius 1 is 1.22 bits per heavy atom. The van der Waals surface area contributed by atoms with Gasteiger partial charge in [-0.25, -0.2) is 4.79 Å². The number of likely N-dealkylation sites (tertiary alicyclic amines) is 1. The van der Waals surface area contributed by atoms with Crippen LogP contribution in [0.5, 0.6) is 0 Å². The zero-order chi connectivity index (χ0) is 16.5. The van der Waals surface area contributed by atoms with E-state index in [9.17, 15) is 4.79 Å². The van der Waals surface area contributed by atoms with Crippen molar-refractivity contribution in [3.8, 4) is 0 Å². The summed E-state index contributed by atoms with van der Waals surface area (Å²) in [5, 5.41) is 0. The third-order valence-corrected chi connectivity index (χ3v) is 4.55. The zero-order valence-electron chi connectivity index (χ0n) is 14.5. The van der Waals surface area contributed by atoms with Crippen molar-refractivity contribution in [1.29, 1.82) is 0 Å². The fourth-order valence-corrected chi connectivity index (χ4v) is 3.15. The Bertz CT molecular complexity index is 456. The summed E-state index contributed by atoms with van der Waals surface area (Å²) in [4.78, 5) is 16.6. The van der Waals surface area contributed by atoms with Crippen molar-refractivity contribution < 1.29 is 9.53 Å². The largest absolute Gasteiger partial charge is 0.449 e. The number of carbonyl (C=O) groups is 1. The highest BCUT2D eigenvalue weighted by Crippen LogP contribution is 2.19. The van der Waals surface area contributed by atoms with Crippen LogP contribution in [-0.2, 0) is 11.3 Å². The van der Waals surface area contributed by atoms with E-state index >= 15 is 0 Å². The Kier molecular flexibility index (Phi) is 7.40. The van der Waals surface area contributed by atoms with Crippen LogP contribution in [0.3, 0.4) is 0 Å². The molecule has 0 atom stereocenters. The summed E-state index contributed by atoms with van der Waals surface area (Å²) in [5.74, 6) is 0. The molecule has 0 bridgehead atoms. The van der Waals surface area contributed by atoms with E-state index in [4.69, 9.17) is 4.74 Å².